The number of aliphatic hydroxyl groups excluding tert-OH is 1. The number of fused-ring (bicyclic) bond motifs is 5. The Morgan fingerprint density at radius 2 is 1.57 bits per heavy atom. The van der Waals surface area contributed by atoms with Crippen molar-refractivity contribution in [2.24, 2.45) is 34.5 Å². The maximum Gasteiger partial charge on any atom is 0.0846 e. The molecule has 0 amide bonds. The van der Waals surface area contributed by atoms with Gasteiger partial charge in [0, 0.05) is 6.42 Å². The van der Waals surface area contributed by atoms with Gasteiger partial charge in [-0.3, -0.25) is 0 Å². The third-order valence-corrected chi connectivity index (χ3v) is 8.72. The Kier molecular flexibility index (Phi) is 3.25. The van der Waals surface area contributed by atoms with E-state index < -0.39 is 0 Å². The summed E-state index contributed by atoms with van der Waals surface area (Å²) < 4.78 is 0. The van der Waals surface area contributed by atoms with Gasteiger partial charge >= 0.3 is 0 Å². The molecule has 120 valence electrons. The van der Waals surface area contributed by atoms with Gasteiger partial charge < -0.3 is 10.8 Å². The van der Waals surface area contributed by atoms with Gasteiger partial charge in [0.15, 0.2) is 0 Å². The smallest absolute Gasteiger partial charge is 0.0846 e. The predicted octanol–water partition coefficient (Wildman–Crippen LogP) is 3.00. The highest BCUT2D eigenvalue weighted by atomic mass is 16.3. The van der Waals surface area contributed by atoms with E-state index in [0.29, 0.717) is 11.5 Å². The minimum Gasteiger partial charge on any atom is -0.393 e. The van der Waals surface area contributed by atoms with Crippen LogP contribution in [-0.4, -0.2) is 17.3 Å². The quantitative estimate of drug-likeness (QED) is 0.708. The number of hydrogen-bond acceptors (Lipinski definition) is 1. The molecular weight excluding hydrogens is 258 g/mol. The van der Waals surface area contributed by atoms with E-state index in [1.54, 1.807) is 0 Å². The number of quaternary nitrogens is 1. The van der Waals surface area contributed by atoms with Crippen LogP contribution in [0.2, 0.25) is 0 Å². The van der Waals surface area contributed by atoms with Crippen LogP contribution in [0.3, 0.4) is 0 Å². The van der Waals surface area contributed by atoms with Gasteiger partial charge in [0.2, 0.25) is 0 Å². The Hall–Kier alpha value is -0.0800. The Morgan fingerprint density at radius 1 is 0.857 bits per heavy atom. The van der Waals surface area contributed by atoms with Crippen molar-refractivity contribution in [2.75, 3.05) is 0 Å². The van der Waals surface area contributed by atoms with Gasteiger partial charge in [0.1, 0.15) is 0 Å². The van der Waals surface area contributed by atoms with E-state index in [-0.39, 0.29) is 11.5 Å². The second-order valence-corrected chi connectivity index (χ2v) is 9.43. The highest BCUT2D eigenvalue weighted by Gasteiger charge is 2.60. The zero-order valence-electron chi connectivity index (χ0n) is 14.0. The molecular formula is C19H34NO+. The SMILES string of the molecule is C[C@]12CC[C@@H]3[C@@H](CC[C@@H]4C[C@@H]([NH3+])CC[C@]43C)[C@H]1CC[C@@H]2O. The summed E-state index contributed by atoms with van der Waals surface area (Å²) in [6.07, 6.45) is 12.0. The average Bonchev–Trinajstić information content (AvgIpc) is 2.76. The number of aliphatic hydroxyl groups is 1. The van der Waals surface area contributed by atoms with Crippen LogP contribution in [0.25, 0.3) is 0 Å². The molecule has 0 spiro atoms. The summed E-state index contributed by atoms with van der Waals surface area (Å²) in [6.45, 7) is 5.02. The topological polar surface area (TPSA) is 47.9 Å². The fourth-order valence-electron chi connectivity index (χ4n) is 7.32. The minimum atomic E-state index is -0.0236. The third kappa shape index (κ3) is 1.91. The molecule has 0 aliphatic heterocycles. The first kappa shape index (κ1) is 14.5. The highest BCUT2D eigenvalue weighted by Crippen LogP contribution is 2.65. The molecule has 4 fully saturated rings. The van der Waals surface area contributed by atoms with Gasteiger partial charge in [-0.2, -0.15) is 0 Å². The van der Waals surface area contributed by atoms with Crippen molar-refractivity contribution < 1.29 is 10.8 Å². The molecule has 0 radical (unpaired) electrons. The summed E-state index contributed by atoms with van der Waals surface area (Å²) in [6, 6.07) is 0.710. The van der Waals surface area contributed by atoms with Crippen LogP contribution in [0.15, 0.2) is 0 Å². The van der Waals surface area contributed by atoms with E-state index in [1.165, 1.54) is 51.4 Å². The maximum absolute atomic E-state index is 10.5. The molecule has 4 aliphatic rings. The van der Waals surface area contributed by atoms with Crippen molar-refractivity contribution in [1.82, 2.24) is 0 Å². The van der Waals surface area contributed by atoms with Crippen LogP contribution in [0.4, 0.5) is 0 Å². The fraction of sp³-hybridized carbons (Fsp3) is 1.00. The molecule has 21 heavy (non-hydrogen) atoms. The van der Waals surface area contributed by atoms with Crippen LogP contribution in [-0.2, 0) is 0 Å². The van der Waals surface area contributed by atoms with E-state index in [2.05, 4.69) is 19.6 Å². The predicted molar refractivity (Wildman–Crippen MR) is 84.4 cm³/mol. The molecule has 4 saturated carbocycles. The first-order valence-electron chi connectivity index (χ1n) is 9.46. The third-order valence-electron chi connectivity index (χ3n) is 8.72. The van der Waals surface area contributed by atoms with E-state index in [9.17, 15) is 5.11 Å². The lowest BCUT2D eigenvalue weighted by Gasteiger charge is -2.60. The summed E-state index contributed by atoms with van der Waals surface area (Å²) in [4.78, 5) is 0. The van der Waals surface area contributed by atoms with Crippen molar-refractivity contribution in [3.05, 3.63) is 0 Å². The standard InChI is InChI=1S/C19H33NO/c1-18-9-7-13(20)11-12(18)3-4-14-15-5-6-17(21)19(15,2)10-8-16(14)18/h12-17,21H,3-11,20H2,1-2H3/p+1/t12-,13+,14+,15-,16-,17+,18-,19+/m1/s1. The van der Waals surface area contributed by atoms with Gasteiger partial charge in [-0.15, -0.1) is 0 Å². The van der Waals surface area contributed by atoms with Gasteiger partial charge in [0.05, 0.1) is 12.1 Å². The van der Waals surface area contributed by atoms with Crippen LogP contribution in [0.1, 0.15) is 71.6 Å². The Balaban J connectivity index is 1.62. The van der Waals surface area contributed by atoms with E-state index in [0.717, 1.165) is 30.1 Å². The lowest BCUT2D eigenvalue weighted by molar-refractivity contribution is -0.433. The Bertz CT molecular complexity index is 424. The molecule has 4 rings (SSSR count). The molecule has 8 atom stereocenters. The first-order valence-corrected chi connectivity index (χ1v) is 9.46. The van der Waals surface area contributed by atoms with Crippen molar-refractivity contribution >= 4 is 0 Å². The van der Waals surface area contributed by atoms with E-state index in [1.807, 2.05) is 0 Å². The molecule has 0 aromatic heterocycles. The Morgan fingerprint density at radius 3 is 2.38 bits per heavy atom. The zero-order valence-corrected chi connectivity index (χ0v) is 14.0. The van der Waals surface area contributed by atoms with Crippen LogP contribution < -0.4 is 5.73 Å². The van der Waals surface area contributed by atoms with E-state index in [4.69, 9.17) is 0 Å². The summed E-state index contributed by atoms with van der Waals surface area (Å²) >= 11 is 0. The summed E-state index contributed by atoms with van der Waals surface area (Å²) in [5, 5.41) is 10.5. The molecule has 2 heteroatoms. The molecule has 0 aromatic carbocycles. The maximum atomic E-state index is 10.5. The largest absolute Gasteiger partial charge is 0.393 e. The van der Waals surface area contributed by atoms with Gasteiger partial charge in [-0.1, -0.05) is 13.8 Å². The summed E-state index contributed by atoms with van der Waals surface area (Å²) in [5.41, 5.74) is 5.20. The summed E-state index contributed by atoms with van der Waals surface area (Å²) in [5.74, 6) is 3.59. The lowest BCUT2D eigenvalue weighted by atomic mass is 9.45. The van der Waals surface area contributed by atoms with Gasteiger partial charge in [0.25, 0.3) is 0 Å². The van der Waals surface area contributed by atoms with Crippen LogP contribution in [0, 0.1) is 34.5 Å². The molecule has 4 aliphatic carbocycles. The van der Waals surface area contributed by atoms with Crippen LogP contribution in [0.5, 0.6) is 0 Å². The Labute approximate surface area is 129 Å². The highest BCUT2D eigenvalue weighted by molar-refractivity contribution is 5.09. The molecule has 4 N–H and O–H groups in total. The molecule has 0 bridgehead atoms. The zero-order chi connectivity index (χ0) is 14.8. The van der Waals surface area contributed by atoms with Gasteiger partial charge in [-0.25, -0.2) is 0 Å². The minimum absolute atomic E-state index is 0.0236. The first-order chi connectivity index (χ1) is 9.95. The van der Waals surface area contributed by atoms with Crippen molar-refractivity contribution in [3.63, 3.8) is 0 Å². The van der Waals surface area contributed by atoms with Gasteiger partial charge in [-0.05, 0) is 85.9 Å². The molecule has 2 nitrogen and oxygen atoms in total. The number of hydrogen-bond donors (Lipinski definition) is 2. The average molecular weight is 292 g/mol. The molecule has 0 unspecified atom stereocenters. The lowest BCUT2D eigenvalue weighted by Crippen LogP contribution is -2.65. The monoisotopic (exact) mass is 292 g/mol. The van der Waals surface area contributed by atoms with Crippen LogP contribution >= 0.6 is 0 Å². The fourth-order valence-corrected chi connectivity index (χ4v) is 7.32. The molecule has 0 aromatic rings. The van der Waals surface area contributed by atoms with Crippen molar-refractivity contribution in [1.29, 1.82) is 0 Å². The van der Waals surface area contributed by atoms with Crippen molar-refractivity contribution in [2.45, 2.75) is 83.8 Å². The second-order valence-electron chi connectivity index (χ2n) is 9.43. The molecule has 0 saturated heterocycles. The van der Waals surface area contributed by atoms with E-state index >= 15 is 0 Å². The second kappa shape index (κ2) is 4.71. The van der Waals surface area contributed by atoms with Crippen molar-refractivity contribution in [3.8, 4) is 0 Å². The molecule has 0 heterocycles. The summed E-state index contributed by atoms with van der Waals surface area (Å²) in [7, 11) is 0. The number of rotatable bonds is 0. The normalized spacial score (nSPS) is 60.0.